The zero-order valence-corrected chi connectivity index (χ0v) is 10.9. The standard InChI is InChI=1S/C15H22N2O/c16-13-9-14-12(5-4-6-15(14)18-11-13)10-17-7-2-1-3-8-17/h4-6,13H,1-3,7-11,16H2/t13-/m0/s1. The van der Waals surface area contributed by atoms with Crippen molar-refractivity contribution in [1.82, 2.24) is 4.90 Å². The SMILES string of the molecule is N[C@@H]1COc2cccc(CN3CCCCC3)c2C1. The second-order valence-electron chi connectivity index (χ2n) is 5.51. The van der Waals surface area contributed by atoms with E-state index in [0.29, 0.717) is 6.61 Å². The molecule has 0 bridgehead atoms. The van der Waals surface area contributed by atoms with Gasteiger partial charge in [-0.3, -0.25) is 4.90 Å². The second kappa shape index (κ2) is 5.29. The van der Waals surface area contributed by atoms with Gasteiger partial charge in [-0.1, -0.05) is 18.6 Å². The number of nitrogens with two attached hydrogens (primary N) is 1. The third-order valence-electron chi connectivity index (χ3n) is 3.99. The molecule has 2 heterocycles. The van der Waals surface area contributed by atoms with Gasteiger partial charge in [0.1, 0.15) is 12.4 Å². The Balaban J connectivity index is 1.79. The molecule has 3 rings (SSSR count). The topological polar surface area (TPSA) is 38.5 Å². The van der Waals surface area contributed by atoms with Crippen LogP contribution in [0.3, 0.4) is 0 Å². The summed E-state index contributed by atoms with van der Waals surface area (Å²) in [7, 11) is 0. The minimum Gasteiger partial charge on any atom is -0.492 e. The molecule has 2 aliphatic rings. The Bertz CT molecular complexity index is 413. The van der Waals surface area contributed by atoms with Gasteiger partial charge in [0, 0.05) is 18.2 Å². The molecule has 1 aromatic rings. The molecule has 18 heavy (non-hydrogen) atoms. The van der Waals surface area contributed by atoms with Crippen molar-refractivity contribution in [2.45, 2.75) is 38.3 Å². The summed E-state index contributed by atoms with van der Waals surface area (Å²) in [6.45, 7) is 4.17. The fourth-order valence-corrected chi connectivity index (χ4v) is 3.00. The van der Waals surface area contributed by atoms with E-state index in [1.165, 1.54) is 43.5 Å². The van der Waals surface area contributed by atoms with Crippen molar-refractivity contribution in [2.75, 3.05) is 19.7 Å². The average molecular weight is 246 g/mol. The van der Waals surface area contributed by atoms with Gasteiger partial charge in [0.2, 0.25) is 0 Å². The Kier molecular flexibility index (Phi) is 3.52. The summed E-state index contributed by atoms with van der Waals surface area (Å²) >= 11 is 0. The maximum atomic E-state index is 6.01. The number of rotatable bonds is 2. The summed E-state index contributed by atoms with van der Waals surface area (Å²) in [5.41, 5.74) is 8.76. The van der Waals surface area contributed by atoms with Gasteiger partial charge >= 0.3 is 0 Å². The van der Waals surface area contributed by atoms with Crippen LogP contribution >= 0.6 is 0 Å². The molecule has 2 N–H and O–H groups in total. The molecule has 0 radical (unpaired) electrons. The fourth-order valence-electron chi connectivity index (χ4n) is 3.00. The molecule has 0 aliphatic carbocycles. The molecule has 0 aromatic heterocycles. The van der Waals surface area contributed by atoms with Crippen molar-refractivity contribution < 1.29 is 4.74 Å². The highest BCUT2D eigenvalue weighted by Crippen LogP contribution is 2.28. The number of likely N-dealkylation sites (tertiary alicyclic amines) is 1. The van der Waals surface area contributed by atoms with Crippen molar-refractivity contribution in [3.8, 4) is 5.75 Å². The molecule has 2 aliphatic heterocycles. The van der Waals surface area contributed by atoms with Gasteiger partial charge in [0.25, 0.3) is 0 Å². The number of benzene rings is 1. The first kappa shape index (κ1) is 12.0. The summed E-state index contributed by atoms with van der Waals surface area (Å²) in [5, 5.41) is 0. The number of ether oxygens (including phenoxy) is 1. The fraction of sp³-hybridized carbons (Fsp3) is 0.600. The van der Waals surface area contributed by atoms with Crippen LogP contribution in [0.15, 0.2) is 18.2 Å². The molecule has 0 unspecified atom stereocenters. The van der Waals surface area contributed by atoms with Crippen molar-refractivity contribution in [2.24, 2.45) is 5.73 Å². The predicted molar refractivity (Wildman–Crippen MR) is 72.7 cm³/mol. The highest BCUT2D eigenvalue weighted by molar-refractivity contribution is 5.42. The maximum absolute atomic E-state index is 6.01. The number of fused-ring (bicyclic) bond motifs is 1. The molecule has 1 fully saturated rings. The van der Waals surface area contributed by atoms with Crippen LogP contribution in [0.1, 0.15) is 30.4 Å². The van der Waals surface area contributed by atoms with Crippen LogP contribution in [0.5, 0.6) is 5.75 Å². The van der Waals surface area contributed by atoms with Crippen LogP contribution in [0, 0.1) is 0 Å². The van der Waals surface area contributed by atoms with E-state index in [2.05, 4.69) is 23.1 Å². The molecule has 3 nitrogen and oxygen atoms in total. The van der Waals surface area contributed by atoms with Crippen LogP contribution < -0.4 is 10.5 Å². The summed E-state index contributed by atoms with van der Waals surface area (Å²) in [6, 6.07) is 6.56. The lowest BCUT2D eigenvalue weighted by Crippen LogP contribution is -2.35. The molecule has 3 heteroatoms. The zero-order valence-electron chi connectivity index (χ0n) is 10.9. The second-order valence-corrected chi connectivity index (χ2v) is 5.51. The van der Waals surface area contributed by atoms with Crippen molar-refractivity contribution in [3.63, 3.8) is 0 Å². The Morgan fingerprint density at radius 3 is 2.89 bits per heavy atom. The Labute approximate surface area is 109 Å². The van der Waals surface area contributed by atoms with Crippen LogP contribution in [0.2, 0.25) is 0 Å². The molecule has 1 aromatic carbocycles. The molecular weight excluding hydrogens is 224 g/mol. The van der Waals surface area contributed by atoms with E-state index in [-0.39, 0.29) is 6.04 Å². The smallest absolute Gasteiger partial charge is 0.122 e. The van der Waals surface area contributed by atoms with Gasteiger partial charge in [0.05, 0.1) is 0 Å². The van der Waals surface area contributed by atoms with Gasteiger partial charge < -0.3 is 10.5 Å². The third-order valence-corrected chi connectivity index (χ3v) is 3.99. The lowest BCUT2D eigenvalue weighted by Gasteiger charge is -2.29. The molecule has 0 spiro atoms. The first-order valence-corrected chi connectivity index (χ1v) is 7.04. The zero-order chi connectivity index (χ0) is 12.4. The predicted octanol–water partition coefficient (Wildman–Crippen LogP) is 1.93. The van der Waals surface area contributed by atoms with Gasteiger partial charge in [0.15, 0.2) is 0 Å². The Morgan fingerprint density at radius 2 is 2.06 bits per heavy atom. The normalized spacial score (nSPS) is 24.4. The largest absolute Gasteiger partial charge is 0.492 e. The average Bonchev–Trinajstić information content (AvgIpc) is 2.41. The highest BCUT2D eigenvalue weighted by Gasteiger charge is 2.20. The third kappa shape index (κ3) is 2.52. The lowest BCUT2D eigenvalue weighted by atomic mass is 9.97. The quantitative estimate of drug-likeness (QED) is 0.866. The van der Waals surface area contributed by atoms with E-state index in [4.69, 9.17) is 10.5 Å². The van der Waals surface area contributed by atoms with E-state index < -0.39 is 0 Å². The Hall–Kier alpha value is -1.06. The van der Waals surface area contributed by atoms with Gasteiger partial charge in [-0.25, -0.2) is 0 Å². The van der Waals surface area contributed by atoms with E-state index in [1.807, 2.05) is 0 Å². The van der Waals surface area contributed by atoms with Crippen molar-refractivity contribution in [3.05, 3.63) is 29.3 Å². The number of piperidine rings is 1. The molecule has 0 saturated carbocycles. The minimum atomic E-state index is 0.153. The summed E-state index contributed by atoms with van der Waals surface area (Å²) in [4.78, 5) is 2.55. The maximum Gasteiger partial charge on any atom is 0.122 e. The molecule has 1 saturated heterocycles. The minimum absolute atomic E-state index is 0.153. The van der Waals surface area contributed by atoms with E-state index in [0.717, 1.165) is 18.7 Å². The molecule has 1 atom stereocenters. The highest BCUT2D eigenvalue weighted by atomic mass is 16.5. The van der Waals surface area contributed by atoms with E-state index >= 15 is 0 Å². The first-order chi connectivity index (χ1) is 8.83. The van der Waals surface area contributed by atoms with Crippen LogP contribution in [-0.4, -0.2) is 30.6 Å². The van der Waals surface area contributed by atoms with Crippen LogP contribution in [0.4, 0.5) is 0 Å². The molecular formula is C15H22N2O. The van der Waals surface area contributed by atoms with Crippen LogP contribution in [-0.2, 0) is 13.0 Å². The first-order valence-electron chi connectivity index (χ1n) is 7.04. The lowest BCUT2D eigenvalue weighted by molar-refractivity contribution is 0.217. The number of hydrogen-bond acceptors (Lipinski definition) is 3. The summed E-state index contributed by atoms with van der Waals surface area (Å²) in [6.07, 6.45) is 5.02. The number of nitrogens with zero attached hydrogens (tertiary/aromatic N) is 1. The van der Waals surface area contributed by atoms with E-state index in [1.54, 1.807) is 0 Å². The van der Waals surface area contributed by atoms with Gasteiger partial charge in [-0.15, -0.1) is 0 Å². The van der Waals surface area contributed by atoms with Crippen LogP contribution in [0.25, 0.3) is 0 Å². The Morgan fingerprint density at radius 1 is 1.22 bits per heavy atom. The summed E-state index contributed by atoms with van der Waals surface area (Å²) < 4.78 is 5.72. The number of hydrogen-bond donors (Lipinski definition) is 1. The van der Waals surface area contributed by atoms with Crippen molar-refractivity contribution >= 4 is 0 Å². The van der Waals surface area contributed by atoms with Crippen molar-refractivity contribution in [1.29, 1.82) is 0 Å². The van der Waals surface area contributed by atoms with Gasteiger partial charge in [-0.2, -0.15) is 0 Å². The molecule has 98 valence electrons. The molecule has 0 amide bonds. The van der Waals surface area contributed by atoms with Gasteiger partial charge in [-0.05, 0) is 44.0 Å². The summed E-state index contributed by atoms with van der Waals surface area (Å²) in [5.74, 6) is 1.05. The van der Waals surface area contributed by atoms with E-state index in [9.17, 15) is 0 Å². The monoisotopic (exact) mass is 246 g/mol.